The minimum atomic E-state index is -0.0747. The molecule has 1 amide bonds. The highest BCUT2D eigenvalue weighted by molar-refractivity contribution is 5.77. The average Bonchev–Trinajstić information content (AvgIpc) is 2.44. The first kappa shape index (κ1) is 16.3. The van der Waals surface area contributed by atoms with E-state index in [0.29, 0.717) is 24.7 Å². The van der Waals surface area contributed by atoms with Gasteiger partial charge in [-0.05, 0) is 26.8 Å². The summed E-state index contributed by atoms with van der Waals surface area (Å²) in [5.74, 6) is 1.10. The Bertz CT molecular complexity index is 447. The number of nitrogens with two attached hydrogens (primary N) is 1. The molecule has 1 aromatic rings. The van der Waals surface area contributed by atoms with Crippen molar-refractivity contribution in [1.29, 1.82) is 0 Å². The van der Waals surface area contributed by atoms with Gasteiger partial charge in [0.2, 0.25) is 0 Å². The first-order chi connectivity index (χ1) is 9.51. The Labute approximate surface area is 120 Å². The van der Waals surface area contributed by atoms with E-state index in [-0.39, 0.29) is 18.6 Å². The highest BCUT2D eigenvalue weighted by Crippen LogP contribution is 2.31. The van der Waals surface area contributed by atoms with Gasteiger partial charge in [-0.3, -0.25) is 4.79 Å². The Morgan fingerprint density at radius 3 is 2.60 bits per heavy atom. The first-order valence-electron chi connectivity index (χ1n) is 6.84. The third-order valence-electron chi connectivity index (χ3n) is 3.09. The Morgan fingerprint density at radius 2 is 2.05 bits per heavy atom. The Hall–Kier alpha value is -1.75. The average molecular weight is 280 g/mol. The van der Waals surface area contributed by atoms with Crippen molar-refractivity contribution in [2.45, 2.75) is 33.4 Å². The second kappa shape index (κ2) is 7.75. The van der Waals surface area contributed by atoms with E-state index in [1.54, 1.807) is 11.9 Å². The molecule has 5 nitrogen and oxygen atoms in total. The van der Waals surface area contributed by atoms with E-state index in [1.165, 1.54) is 0 Å². The number of carbonyl (C=O) groups excluding carboxylic acids is 1. The molecule has 0 atom stereocenters. The van der Waals surface area contributed by atoms with Gasteiger partial charge in [0.15, 0.2) is 18.1 Å². The topological polar surface area (TPSA) is 64.8 Å². The lowest BCUT2D eigenvalue weighted by Gasteiger charge is -2.22. The SMILES string of the molecule is CCOc1cccc(CN)c1OCC(=O)N(C)C(C)C. The smallest absolute Gasteiger partial charge is 0.260 e. The summed E-state index contributed by atoms with van der Waals surface area (Å²) in [4.78, 5) is 13.6. The molecule has 0 saturated carbocycles. The van der Waals surface area contributed by atoms with Crippen molar-refractivity contribution in [3.63, 3.8) is 0 Å². The molecule has 5 heteroatoms. The summed E-state index contributed by atoms with van der Waals surface area (Å²) in [6.07, 6.45) is 0. The van der Waals surface area contributed by atoms with Gasteiger partial charge in [0, 0.05) is 25.2 Å². The van der Waals surface area contributed by atoms with Crippen LogP contribution in [0.1, 0.15) is 26.3 Å². The fourth-order valence-electron chi connectivity index (χ4n) is 1.68. The molecule has 112 valence electrons. The molecular weight excluding hydrogens is 256 g/mol. The second-order valence-corrected chi connectivity index (χ2v) is 4.77. The van der Waals surface area contributed by atoms with Crippen LogP contribution in [0.4, 0.5) is 0 Å². The number of para-hydroxylation sites is 1. The van der Waals surface area contributed by atoms with Gasteiger partial charge >= 0.3 is 0 Å². The fraction of sp³-hybridized carbons (Fsp3) is 0.533. The predicted molar refractivity (Wildman–Crippen MR) is 78.9 cm³/mol. The van der Waals surface area contributed by atoms with E-state index in [2.05, 4.69) is 0 Å². The molecule has 2 N–H and O–H groups in total. The van der Waals surface area contributed by atoms with Crippen LogP contribution in [-0.2, 0) is 11.3 Å². The van der Waals surface area contributed by atoms with E-state index in [1.807, 2.05) is 39.0 Å². The van der Waals surface area contributed by atoms with Gasteiger partial charge in [0.1, 0.15) is 0 Å². The number of benzene rings is 1. The molecule has 0 heterocycles. The largest absolute Gasteiger partial charge is 0.490 e. The summed E-state index contributed by atoms with van der Waals surface area (Å²) in [5, 5.41) is 0. The normalized spacial score (nSPS) is 10.5. The van der Waals surface area contributed by atoms with Crippen LogP contribution < -0.4 is 15.2 Å². The van der Waals surface area contributed by atoms with Crippen LogP contribution in [0.3, 0.4) is 0 Å². The fourth-order valence-corrected chi connectivity index (χ4v) is 1.68. The Morgan fingerprint density at radius 1 is 1.35 bits per heavy atom. The quantitative estimate of drug-likeness (QED) is 0.827. The van der Waals surface area contributed by atoms with Crippen LogP contribution in [0.15, 0.2) is 18.2 Å². The molecule has 0 aliphatic carbocycles. The molecule has 1 aromatic carbocycles. The highest BCUT2D eigenvalue weighted by atomic mass is 16.5. The van der Waals surface area contributed by atoms with Gasteiger partial charge in [-0.1, -0.05) is 12.1 Å². The van der Waals surface area contributed by atoms with Crippen LogP contribution in [0, 0.1) is 0 Å². The molecule has 0 unspecified atom stereocenters. The standard InChI is InChI=1S/C15H24N2O3/c1-5-19-13-8-6-7-12(9-16)15(13)20-10-14(18)17(4)11(2)3/h6-8,11H,5,9-10,16H2,1-4H3. The summed E-state index contributed by atoms with van der Waals surface area (Å²) in [5.41, 5.74) is 6.53. The predicted octanol–water partition coefficient (Wildman–Crippen LogP) is 1.79. The van der Waals surface area contributed by atoms with E-state index < -0.39 is 0 Å². The van der Waals surface area contributed by atoms with Crippen LogP contribution in [0.5, 0.6) is 11.5 Å². The van der Waals surface area contributed by atoms with E-state index >= 15 is 0 Å². The molecule has 0 aromatic heterocycles. The molecule has 0 fully saturated rings. The molecule has 0 aliphatic rings. The molecule has 0 saturated heterocycles. The van der Waals surface area contributed by atoms with Gasteiger partial charge in [-0.25, -0.2) is 0 Å². The number of carbonyl (C=O) groups is 1. The number of amides is 1. The third-order valence-corrected chi connectivity index (χ3v) is 3.09. The summed E-state index contributed by atoms with van der Waals surface area (Å²) < 4.78 is 11.2. The maximum atomic E-state index is 12.0. The van der Waals surface area contributed by atoms with Gasteiger partial charge in [0.05, 0.1) is 6.61 Å². The van der Waals surface area contributed by atoms with Crippen molar-refractivity contribution in [1.82, 2.24) is 4.90 Å². The van der Waals surface area contributed by atoms with Crippen molar-refractivity contribution in [3.8, 4) is 11.5 Å². The number of likely N-dealkylation sites (N-methyl/N-ethyl adjacent to an activating group) is 1. The number of ether oxygens (including phenoxy) is 2. The van der Waals surface area contributed by atoms with Gasteiger partial charge in [-0.2, -0.15) is 0 Å². The Balaban J connectivity index is 2.83. The summed E-state index contributed by atoms with van der Waals surface area (Å²) >= 11 is 0. The van der Waals surface area contributed by atoms with Crippen molar-refractivity contribution in [3.05, 3.63) is 23.8 Å². The second-order valence-electron chi connectivity index (χ2n) is 4.77. The highest BCUT2D eigenvalue weighted by Gasteiger charge is 2.15. The third kappa shape index (κ3) is 4.13. The summed E-state index contributed by atoms with van der Waals surface area (Å²) in [6, 6.07) is 5.69. The van der Waals surface area contributed by atoms with Crippen molar-refractivity contribution >= 4 is 5.91 Å². The number of nitrogens with zero attached hydrogens (tertiary/aromatic N) is 1. The first-order valence-corrected chi connectivity index (χ1v) is 6.84. The van der Waals surface area contributed by atoms with Crippen LogP contribution >= 0.6 is 0 Å². The number of rotatable bonds is 7. The number of hydrogen-bond donors (Lipinski definition) is 1. The zero-order valence-electron chi connectivity index (χ0n) is 12.7. The molecule has 20 heavy (non-hydrogen) atoms. The lowest BCUT2D eigenvalue weighted by Crippen LogP contribution is -2.36. The molecular formula is C15H24N2O3. The van der Waals surface area contributed by atoms with E-state index in [4.69, 9.17) is 15.2 Å². The van der Waals surface area contributed by atoms with E-state index in [9.17, 15) is 4.79 Å². The zero-order valence-corrected chi connectivity index (χ0v) is 12.7. The van der Waals surface area contributed by atoms with Crippen molar-refractivity contribution < 1.29 is 14.3 Å². The van der Waals surface area contributed by atoms with Gasteiger partial charge in [0.25, 0.3) is 5.91 Å². The molecule has 0 spiro atoms. The van der Waals surface area contributed by atoms with Crippen molar-refractivity contribution in [2.75, 3.05) is 20.3 Å². The number of hydrogen-bond acceptors (Lipinski definition) is 4. The monoisotopic (exact) mass is 280 g/mol. The lowest BCUT2D eigenvalue weighted by atomic mass is 10.2. The molecule has 0 aliphatic heterocycles. The molecule has 0 radical (unpaired) electrons. The zero-order chi connectivity index (χ0) is 15.1. The van der Waals surface area contributed by atoms with Gasteiger partial charge in [-0.15, -0.1) is 0 Å². The van der Waals surface area contributed by atoms with Crippen molar-refractivity contribution in [2.24, 2.45) is 5.73 Å². The minimum Gasteiger partial charge on any atom is -0.490 e. The van der Waals surface area contributed by atoms with E-state index in [0.717, 1.165) is 5.56 Å². The maximum absolute atomic E-state index is 12.0. The Kier molecular flexibility index (Phi) is 6.31. The van der Waals surface area contributed by atoms with Crippen LogP contribution in [0.2, 0.25) is 0 Å². The molecule has 0 bridgehead atoms. The summed E-state index contributed by atoms with van der Waals surface area (Å²) in [6.45, 7) is 6.66. The lowest BCUT2D eigenvalue weighted by molar-refractivity contribution is -0.133. The minimum absolute atomic E-state index is 0.0221. The van der Waals surface area contributed by atoms with Gasteiger partial charge < -0.3 is 20.1 Å². The summed E-state index contributed by atoms with van der Waals surface area (Å²) in [7, 11) is 1.76. The van der Waals surface area contributed by atoms with Crippen LogP contribution in [0.25, 0.3) is 0 Å². The van der Waals surface area contributed by atoms with Crippen LogP contribution in [-0.4, -0.2) is 37.1 Å². The molecule has 1 rings (SSSR count). The maximum Gasteiger partial charge on any atom is 0.260 e.